The Balaban J connectivity index is 2.22. The zero-order valence-corrected chi connectivity index (χ0v) is 11.9. The molecule has 0 spiro atoms. The third-order valence-electron chi connectivity index (χ3n) is 2.61. The lowest BCUT2D eigenvalue weighted by atomic mass is 10.2. The first-order chi connectivity index (χ1) is 10.0. The summed E-state index contributed by atoms with van der Waals surface area (Å²) >= 11 is 5.75. The highest BCUT2D eigenvalue weighted by atomic mass is 35.5. The summed E-state index contributed by atoms with van der Waals surface area (Å²) in [6.45, 7) is 1.86. The molecule has 1 aromatic heterocycles. The fourth-order valence-electron chi connectivity index (χ4n) is 1.64. The minimum Gasteiger partial charge on any atom is -0.462 e. The van der Waals surface area contributed by atoms with Gasteiger partial charge in [0.1, 0.15) is 11.4 Å². The van der Waals surface area contributed by atoms with Crippen LogP contribution in [0.25, 0.3) is 0 Å². The number of amides is 1. The molecule has 8 heteroatoms. The molecule has 2 rings (SSSR count). The fourth-order valence-corrected chi connectivity index (χ4v) is 1.76. The van der Waals surface area contributed by atoms with Gasteiger partial charge in [0.25, 0.3) is 5.91 Å². The van der Waals surface area contributed by atoms with Crippen LogP contribution in [0.2, 0.25) is 5.02 Å². The average molecular weight is 309 g/mol. The number of ether oxygens (including phenoxy) is 1. The number of aromatic nitrogens is 2. The smallest absolute Gasteiger partial charge is 0.345 e. The van der Waals surface area contributed by atoms with Gasteiger partial charge >= 0.3 is 5.97 Å². The fraction of sp³-hybridized carbons (Fsp3) is 0.154. The second-order valence-corrected chi connectivity index (χ2v) is 4.48. The highest BCUT2D eigenvalue weighted by molar-refractivity contribution is 6.30. The van der Waals surface area contributed by atoms with Gasteiger partial charge in [-0.15, -0.1) is 0 Å². The Hall–Kier alpha value is -2.54. The van der Waals surface area contributed by atoms with E-state index in [4.69, 9.17) is 22.1 Å². The number of esters is 1. The van der Waals surface area contributed by atoms with Gasteiger partial charge in [-0.1, -0.05) is 11.6 Å². The third-order valence-corrected chi connectivity index (χ3v) is 2.86. The number of rotatable bonds is 4. The number of H-pyrrole nitrogens is 1. The Labute approximate surface area is 125 Å². The summed E-state index contributed by atoms with van der Waals surface area (Å²) in [5, 5.41) is 9.24. The predicted octanol–water partition coefficient (Wildman–Crippen LogP) is 2.07. The number of benzene rings is 1. The molecule has 21 heavy (non-hydrogen) atoms. The molecule has 1 heterocycles. The van der Waals surface area contributed by atoms with Crippen molar-refractivity contribution in [1.29, 1.82) is 0 Å². The summed E-state index contributed by atoms with van der Waals surface area (Å²) in [5.41, 5.74) is 5.99. The van der Waals surface area contributed by atoms with Crippen LogP contribution in [0.1, 0.15) is 27.6 Å². The van der Waals surface area contributed by atoms with Crippen LogP contribution in [0.3, 0.4) is 0 Å². The summed E-state index contributed by atoms with van der Waals surface area (Å²) < 4.78 is 4.86. The maximum absolute atomic E-state index is 12.1. The van der Waals surface area contributed by atoms with Crippen LogP contribution in [0.4, 0.5) is 11.6 Å². The van der Waals surface area contributed by atoms with E-state index in [2.05, 4.69) is 15.5 Å². The Kier molecular flexibility index (Phi) is 4.44. The molecule has 110 valence electrons. The molecule has 0 aliphatic carbocycles. The standard InChI is InChI=1S/C13H13ClN4O3/c1-2-21-13(20)9-10(15)17-18-11(9)16-12(19)7-3-5-8(14)6-4-7/h3-6H,2H2,1H3,(H4,15,16,17,18,19). The molecule has 1 amide bonds. The van der Waals surface area contributed by atoms with E-state index in [1.807, 2.05) is 0 Å². The summed E-state index contributed by atoms with van der Waals surface area (Å²) in [4.78, 5) is 23.8. The summed E-state index contributed by atoms with van der Waals surface area (Å²) in [6.07, 6.45) is 0. The Bertz CT molecular complexity index is 667. The van der Waals surface area contributed by atoms with Crippen molar-refractivity contribution in [3.63, 3.8) is 0 Å². The summed E-state index contributed by atoms with van der Waals surface area (Å²) in [7, 11) is 0. The molecule has 0 aliphatic heterocycles. The van der Waals surface area contributed by atoms with Crippen molar-refractivity contribution in [1.82, 2.24) is 10.2 Å². The third kappa shape index (κ3) is 3.32. The summed E-state index contributed by atoms with van der Waals surface area (Å²) in [6, 6.07) is 6.28. The van der Waals surface area contributed by atoms with Crippen LogP contribution in [0.15, 0.2) is 24.3 Å². The molecule has 0 saturated heterocycles. The SMILES string of the molecule is CCOC(=O)c1c(NC(=O)c2ccc(Cl)cc2)n[nH]c1N. The second kappa shape index (κ2) is 6.27. The molecule has 0 bridgehead atoms. The highest BCUT2D eigenvalue weighted by Gasteiger charge is 2.22. The number of nitrogen functional groups attached to an aromatic ring is 1. The van der Waals surface area contributed by atoms with Gasteiger partial charge in [0, 0.05) is 10.6 Å². The maximum Gasteiger partial charge on any atom is 0.345 e. The lowest BCUT2D eigenvalue weighted by molar-refractivity contribution is 0.0529. The molecular formula is C13H13ClN4O3. The Morgan fingerprint density at radius 1 is 1.38 bits per heavy atom. The molecule has 0 aliphatic rings. The van der Waals surface area contributed by atoms with Crippen molar-refractivity contribution < 1.29 is 14.3 Å². The Morgan fingerprint density at radius 2 is 2.05 bits per heavy atom. The lowest BCUT2D eigenvalue weighted by Crippen LogP contribution is -2.16. The number of nitrogens with two attached hydrogens (primary N) is 1. The van der Waals surface area contributed by atoms with E-state index < -0.39 is 11.9 Å². The Morgan fingerprint density at radius 3 is 2.67 bits per heavy atom. The normalized spacial score (nSPS) is 10.2. The van der Waals surface area contributed by atoms with E-state index in [1.54, 1.807) is 31.2 Å². The van der Waals surface area contributed by atoms with E-state index in [1.165, 1.54) is 0 Å². The van der Waals surface area contributed by atoms with Gasteiger partial charge in [0.2, 0.25) is 0 Å². The molecule has 2 aromatic rings. The van der Waals surface area contributed by atoms with E-state index in [0.717, 1.165) is 0 Å². The van der Waals surface area contributed by atoms with E-state index in [0.29, 0.717) is 10.6 Å². The second-order valence-electron chi connectivity index (χ2n) is 4.04. The molecule has 7 nitrogen and oxygen atoms in total. The molecule has 0 saturated carbocycles. The molecule has 0 fully saturated rings. The van der Waals surface area contributed by atoms with Gasteiger partial charge in [-0.25, -0.2) is 4.79 Å². The van der Waals surface area contributed by atoms with Crippen molar-refractivity contribution in [3.05, 3.63) is 40.4 Å². The van der Waals surface area contributed by atoms with Crippen molar-refractivity contribution in [2.75, 3.05) is 17.7 Å². The first-order valence-corrected chi connectivity index (χ1v) is 6.48. The molecule has 1 aromatic carbocycles. The quantitative estimate of drug-likeness (QED) is 0.749. The van der Waals surface area contributed by atoms with Gasteiger partial charge < -0.3 is 15.8 Å². The predicted molar refractivity (Wildman–Crippen MR) is 78.4 cm³/mol. The highest BCUT2D eigenvalue weighted by Crippen LogP contribution is 2.20. The van der Waals surface area contributed by atoms with Crippen LogP contribution >= 0.6 is 11.6 Å². The number of nitrogens with zero attached hydrogens (tertiary/aromatic N) is 1. The number of nitrogens with one attached hydrogen (secondary N) is 2. The van der Waals surface area contributed by atoms with Crippen LogP contribution in [0.5, 0.6) is 0 Å². The van der Waals surface area contributed by atoms with Crippen molar-refractivity contribution in [2.45, 2.75) is 6.92 Å². The molecule has 0 atom stereocenters. The van der Waals surface area contributed by atoms with Crippen LogP contribution in [0, 0.1) is 0 Å². The number of aromatic amines is 1. The molecule has 0 unspecified atom stereocenters. The number of hydrogen-bond acceptors (Lipinski definition) is 5. The van der Waals surface area contributed by atoms with Gasteiger partial charge in [-0.05, 0) is 31.2 Å². The number of anilines is 2. The number of carbonyl (C=O) groups is 2. The van der Waals surface area contributed by atoms with Gasteiger partial charge in [-0.2, -0.15) is 5.10 Å². The monoisotopic (exact) mass is 308 g/mol. The largest absolute Gasteiger partial charge is 0.462 e. The van der Waals surface area contributed by atoms with Gasteiger partial charge in [-0.3, -0.25) is 9.89 Å². The minimum absolute atomic E-state index is 0.000775. The van der Waals surface area contributed by atoms with Crippen molar-refractivity contribution in [2.24, 2.45) is 0 Å². The molecule has 0 radical (unpaired) electrons. The molecule has 4 N–H and O–H groups in total. The zero-order chi connectivity index (χ0) is 15.4. The van der Waals surface area contributed by atoms with E-state index in [-0.39, 0.29) is 23.8 Å². The van der Waals surface area contributed by atoms with Crippen molar-refractivity contribution >= 4 is 35.1 Å². The van der Waals surface area contributed by atoms with E-state index >= 15 is 0 Å². The van der Waals surface area contributed by atoms with E-state index in [9.17, 15) is 9.59 Å². The summed E-state index contributed by atoms with van der Waals surface area (Å²) in [5.74, 6) is -1.05. The van der Waals surface area contributed by atoms with Crippen LogP contribution in [-0.2, 0) is 4.74 Å². The zero-order valence-electron chi connectivity index (χ0n) is 11.1. The number of hydrogen-bond donors (Lipinski definition) is 3. The van der Waals surface area contributed by atoms with Crippen molar-refractivity contribution in [3.8, 4) is 0 Å². The maximum atomic E-state index is 12.1. The van der Waals surface area contributed by atoms with Crippen LogP contribution in [-0.4, -0.2) is 28.7 Å². The minimum atomic E-state index is -0.657. The van der Waals surface area contributed by atoms with Crippen LogP contribution < -0.4 is 11.1 Å². The molecular weight excluding hydrogens is 296 g/mol. The number of carbonyl (C=O) groups excluding carboxylic acids is 2. The first-order valence-electron chi connectivity index (χ1n) is 6.10. The average Bonchev–Trinajstić information content (AvgIpc) is 2.80. The van der Waals surface area contributed by atoms with Gasteiger partial charge in [0.15, 0.2) is 5.82 Å². The number of halogens is 1. The lowest BCUT2D eigenvalue weighted by Gasteiger charge is -2.05. The van der Waals surface area contributed by atoms with Gasteiger partial charge in [0.05, 0.1) is 6.61 Å². The first kappa shape index (κ1) is 14.9. The topological polar surface area (TPSA) is 110 Å².